The van der Waals surface area contributed by atoms with E-state index in [0.717, 1.165) is 29.4 Å². The monoisotopic (exact) mass is 281 g/mol. The Labute approximate surface area is 125 Å². The Bertz CT molecular complexity index is 627. The number of carbonyl (C=O) groups is 1. The molecule has 0 saturated heterocycles. The van der Waals surface area contributed by atoms with Crippen molar-refractivity contribution in [3.63, 3.8) is 0 Å². The highest BCUT2D eigenvalue weighted by atomic mass is 16.4. The van der Waals surface area contributed by atoms with Crippen LogP contribution < -0.4 is 4.90 Å². The van der Waals surface area contributed by atoms with Crippen LogP contribution in [0.2, 0.25) is 0 Å². The number of nitrogens with zero attached hydrogens (tertiary/aromatic N) is 1. The summed E-state index contributed by atoms with van der Waals surface area (Å²) in [5.41, 5.74) is 4.38. The first-order valence-corrected chi connectivity index (χ1v) is 6.94. The molecular formula is C18H19NO2. The van der Waals surface area contributed by atoms with Crippen LogP contribution in [-0.2, 0) is 11.2 Å². The van der Waals surface area contributed by atoms with Gasteiger partial charge >= 0.3 is 5.97 Å². The van der Waals surface area contributed by atoms with Gasteiger partial charge in [0.05, 0.1) is 0 Å². The molecule has 0 aromatic heterocycles. The summed E-state index contributed by atoms with van der Waals surface area (Å²) in [6.07, 6.45) is 3.76. The van der Waals surface area contributed by atoms with Gasteiger partial charge in [-0.2, -0.15) is 0 Å². The number of anilines is 2. The lowest BCUT2D eigenvalue weighted by Gasteiger charge is -2.20. The summed E-state index contributed by atoms with van der Waals surface area (Å²) in [4.78, 5) is 12.6. The van der Waals surface area contributed by atoms with Crippen molar-refractivity contribution in [3.05, 3.63) is 65.7 Å². The molecule has 0 saturated carbocycles. The van der Waals surface area contributed by atoms with Gasteiger partial charge in [-0.1, -0.05) is 31.2 Å². The maximum atomic E-state index is 10.5. The summed E-state index contributed by atoms with van der Waals surface area (Å²) in [5.74, 6) is -0.938. The smallest absolute Gasteiger partial charge is 0.328 e. The van der Waals surface area contributed by atoms with Crippen LogP contribution in [0.25, 0.3) is 6.08 Å². The zero-order chi connectivity index (χ0) is 15.2. The highest BCUT2D eigenvalue weighted by Crippen LogP contribution is 2.24. The molecule has 0 heterocycles. The Hall–Kier alpha value is -2.55. The second-order valence-electron chi connectivity index (χ2n) is 4.84. The van der Waals surface area contributed by atoms with Crippen molar-refractivity contribution in [2.75, 3.05) is 11.9 Å². The maximum Gasteiger partial charge on any atom is 0.328 e. The summed E-state index contributed by atoms with van der Waals surface area (Å²) in [7, 11) is 2.02. The summed E-state index contributed by atoms with van der Waals surface area (Å²) in [5, 5.41) is 8.61. The first-order valence-electron chi connectivity index (χ1n) is 6.94. The Morgan fingerprint density at radius 2 is 1.57 bits per heavy atom. The third kappa shape index (κ3) is 3.96. The third-order valence-corrected chi connectivity index (χ3v) is 3.43. The molecule has 0 aliphatic rings. The van der Waals surface area contributed by atoms with Gasteiger partial charge in [-0.3, -0.25) is 0 Å². The molecule has 0 bridgehead atoms. The zero-order valence-corrected chi connectivity index (χ0v) is 12.3. The fraction of sp³-hybridized carbons (Fsp3) is 0.167. The lowest BCUT2D eigenvalue weighted by molar-refractivity contribution is -0.131. The summed E-state index contributed by atoms with van der Waals surface area (Å²) in [6.45, 7) is 2.14. The van der Waals surface area contributed by atoms with Crippen LogP contribution in [0.4, 0.5) is 11.4 Å². The Balaban J connectivity index is 2.15. The number of aryl methyl sites for hydroxylation is 1. The van der Waals surface area contributed by atoms with E-state index >= 15 is 0 Å². The van der Waals surface area contributed by atoms with Crippen LogP contribution in [-0.4, -0.2) is 18.1 Å². The molecular weight excluding hydrogens is 262 g/mol. The molecule has 3 heteroatoms. The maximum absolute atomic E-state index is 10.5. The van der Waals surface area contributed by atoms with Gasteiger partial charge in [0.15, 0.2) is 0 Å². The number of hydrogen-bond donors (Lipinski definition) is 1. The normalized spacial score (nSPS) is 10.8. The van der Waals surface area contributed by atoms with Crippen LogP contribution in [0.5, 0.6) is 0 Å². The average Bonchev–Trinajstić information content (AvgIpc) is 2.53. The summed E-state index contributed by atoms with van der Waals surface area (Å²) in [6, 6.07) is 16.3. The minimum absolute atomic E-state index is 0.871. The van der Waals surface area contributed by atoms with Gasteiger partial charge in [0.1, 0.15) is 0 Å². The molecule has 1 N–H and O–H groups in total. The molecule has 0 amide bonds. The van der Waals surface area contributed by atoms with E-state index in [-0.39, 0.29) is 0 Å². The second-order valence-corrected chi connectivity index (χ2v) is 4.84. The van der Waals surface area contributed by atoms with Crippen LogP contribution in [0.1, 0.15) is 18.1 Å². The lowest BCUT2D eigenvalue weighted by Crippen LogP contribution is -2.09. The average molecular weight is 281 g/mol. The fourth-order valence-electron chi connectivity index (χ4n) is 2.08. The van der Waals surface area contributed by atoms with E-state index in [1.165, 1.54) is 5.56 Å². The van der Waals surface area contributed by atoms with Crippen LogP contribution >= 0.6 is 0 Å². The van der Waals surface area contributed by atoms with Crippen molar-refractivity contribution in [2.45, 2.75) is 13.3 Å². The van der Waals surface area contributed by atoms with E-state index in [1.807, 2.05) is 31.3 Å². The number of carboxylic acids is 1. The number of aliphatic carboxylic acids is 1. The van der Waals surface area contributed by atoms with E-state index < -0.39 is 5.97 Å². The van der Waals surface area contributed by atoms with Gasteiger partial charge in [0.2, 0.25) is 0 Å². The summed E-state index contributed by atoms with van der Waals surface area (Å²) >= 11 is 0. The molecule has 0 aliphatic carbocycles. The topological polar surface area (TPSA) is 40.5 Å². The molecule has 2 rings (SSSR count). The Kier molecular flexibility index (Phi) is 4.77. The van der Waals surface area contributed by atoms with E-state index in [4.69, 9.17) is 5.11 Å². The number of rotatable bonds is 5. The van der Waals surface area contributed by atoms with Gasteiger partial charge in [-0.25, -0.2) is 4.79 Å². The van der Waals surface area contributed by atoms with E-state index in [1.54, 1.807) is 6.08 Å². The largest absolute Gasteiger partial charge is 0.478 e. The zero-order valence-electron chi connectivity index (χ0n) is 12.3. The first-order chi connectivity index (χ1) is 10.1. The van der Waals surface area contributed by atoms with Crippen molar-refractivity contribution in [3.8, 4) is 0 Å². The van der Waals surface area contributed by atoms with E-state index in [0.29, 0.717) is 0 Å². The van der Waals surface area contributed by atoms with Gasteiger partial charge in [0, 0.05) is 24.5 Å². The molecule has 2 aromatic carbocycles. The Morgan fingerprint density at radius 3 is 2.05 bits per heavy atom. The Morgan fingerprint density at radius 1 is 1.05 bits per heavy atom. The van der Waals surface area contributed by atoms with E-state index in [2.05, 4.69) is 36.1 Å². The standard InChI is InChI=1S/C18H19NO2/c1-3-14-4-9-16(10-5-14)19(2)17-11-6-15(7-12-17)8-13-18(20)21/h4-13H,3H2,1-2H3,(H,20,21). The van der Waals surface area contributed by atoms with Gasteiger partial charge in [0.25, 0.3) is 0 Å². The van der Waals surface area contributed by atoms with Crippen LogP contribution in [0, 0.1) is 0 Å². The second kappa shape index (κ2) is 6.75. The number of hydrogen-bond acceptors (Lipinski definition) is 2. The highest BCUT2D eigenvalue weighted by molar-refractivity contribution is 5.85. The molecule has 0 radical (unpaired) electrons. The predicted octanol–water partition coefficient (Wildman–Crippen LogP) is 4.11. The molecule has 108 valence electrons. The molecule has 0 spiro atoms. The molecule has 3 nitrogen and oxygen atoms in total. The van der Waals surface area contributed by atoms with Crippen LogP contribution in [0.3, 0.4) is 0 Å². The molecule has 21 heavy (non-hydrogen) atoms. The van der Waals surface area contributed by atoms with Gasteiger partial charge in [-0.15, -0.1) is 0 Å². The van der Waals surface area contributed by atoms with Gasteiger partial charge in [-0.05, 0) is 47.9 Å². The molecule has 0 aliphatic heterocycles. The predicted molar refractivity (Wildman–Crippen MR) is 87.0 cm³/mol. The third-order valence-electron chi connectivity index (χ3n) is 3.43. The minimum atomic E-state index is -0.938. The molecule has 2 aromatic rings. The quantitative estimate of drug-likeness (QED) is 0.838. The van der Waals surface area contributed by atoms with Gasteiger partial charge < -0.3 is 10.0 Å². The molecule has 0 fully saturated rings. The minimum Gasteiger partial charge on any atom is -0.478 e. The lowest BCUT2D eigenvalue weighted by atomic mass is 10.1. The molecule has 0 atom stereocenters. The van der Waals surface area contributed by atoms with Crippen molar-refractivity contribution in [1.82, 2.24) is 0 Å². The SMILES string of the molecule is CCc1ccc(N(C)c2ccc(C=CC(=O)O)cc2)cc1. The van der Waals surface area contributed by atoms with Crippen molar-refractivity contribution in [2.24, 2.45) is 0 Å². The summed E-state index contributed by atoms with van der Waals surface area (Å²) < 4.78 is 0. The van der Waals surface area contributed by atoms with Crippen molar-refractivity contribution in [1.29, 1.82) is 0 Å². The highest BCUT2D eigenvalue weighted by Gasteiger charge is 2.03. The first kappa shape index (κ1) is 14.9. The fourth-order valence-corrected chi connectivity index (χ4v) is 2.08. The number of benzene rings is 2. The van der Waals surface area contributed by atoms with Crippen molar-refractivity contribution >= 4 is 23.4 Å². The molecule has 0 unspecified atom stereocenters. The van der Waals surface area contributed by atoms with E-state index in [9.17, 15) is 4.79 Å². The number of carboxylic acid groups (broad SMARTS) is 1. The van der Waals surface area contributed by atoms with Crippen LogP contribution in [0.15, 0.2) is 54.6 Å². The van der Waals surface area contributed by atoms with Crippen molar-refractivity contribution < 1.29 is 9.90 Å².